The van der Waals surface area contributed by atoms with Crippen molar-refractivity contribution in [1.82, 2.24) is 5.32 Å². The van der Waals surface area contributed by atoms with Crippen molar-refractivity contribution >= 4 is 0 Å². The van der Waals surface area contributed by atoms with Gasteiger partial charge in [0.05, 0.1) is 12.2 Å². The zero-order valence-electron chi connectivity index (χ0n) is 10.5. The normalized spacial score (nSPS) is 37.3. The van der Waals surface area contributed by atoms with Crippen molar-refractivity contribution in [2.45, 2.75) is 76.5 Å². The number of rotatable bonds is 5. The van der Waals surface area contributed by atoms with Crippen molar-refractivity contribution in [3.8, 4) is 0 Å². The van der Waals surface area contributed by atoms with Gasteiger partial charge in [0.25, 0.3) is 0 Å². The molecule has 3 rings (SSSR count). The van der Waals surface area contributed by atoms with Gasteiger partial charge < -0.3 is 10.1 Å². The summed E-state index contributed by atoms with van der Waals surface area (Å²) in [6.45, 7) is 3.47. The van der Waals surface area contributed by atoms with Crippen molar-refractivity contribution in [2.24, 2.45) is 5.41 Å². The second-order valence-corrected chi connectivity index (χ2v) is 6.36. The van der Waals surface area contributed by atoms with E-state index in [1.54, 1.807) is 0 Å². The smallest absolute Gasteiger partial charge is 0.0585 e. The van der Waals surface area contributed by atoms with E-state index in [4.69, 9.17) is 4.74 Å². The van der Waals surface area contributed by atoms with Crippen LogP contribution in [0.3, 0.4) is 0 Å². The lowest BCUT2D eigenvalue weighted by Crippen LogP contribution is -2.43. The highest BCUT2D eigenvalue weighted by molar-refractivity contribution is 4.95. The summed E-state index contributed by atoms with van der Waals surface area (Å²) < 4.78 is 5.99. The predicted octanol–water partition coefficient (Wildman–Crippen LogP) is 2.87. The molecule has 1 aliphatic heterocycles. The molecule has 0 aromatic carbocycles. The van der Waals surface area contributed by atoms with E-state index >= 15 is 0 Å². The standard InChI is InChI=1S/C14H25NO/c1-11-3-6-13(16-11)9-14(7-2-8-14)10-15-12-4-5-12/h11-13,15H,2-10H2,1H3. The quantitative estimate of drug-likeness (QED) is 0.774. The van der Waals surface area contributed by atoms with Crippen LogP contribution in [0, 0.1) is 5.41 Å². The summed E-state index contributed by atoms with van der Waals surface area (Å²) in [4.78, 5) is 0. The number of hydrogen-bond donors (Lipinski definition) is 1. The third kappa shape index (κ3) is 2.43. The van der Waals surface area contributed by atoms with Gasteiger partial charge in [0.15, 0.2) is 0 Å². The minimum Gasteiger partial charge on any atom is -0.375 e. The van der Waals surface area contributed by atoms with Crippen LogP contribution in [0.2, 0.25) is 0 Å². The fourth-order valence-corrected chi connectivity index (χ4v) is 3.30. The van der Waals surface area contributed by atoms with Crippen LogP contribution in [0.5, 0.6) is 0 Å². The van der Waals surface area contributed by atoms with Crippen LogP contribution >= 0.6 is 0 Å². The molecule has 2 nitrogen and oxygen atoms in total. The Bertz CT molecular complexity index is 245. The van der Waals surface area contributed by atoms with Crippen molar-refractivity contribution in [1.29, 1.82) is 0 Å². The van der Waals surface area contributed by atoms with Gasteiger partial charge in [-0.1, -0.05) is 6.42 Å². The third-order valence-electron chi connectivity index (χ3n) is 4.74. The van der Waals surface area contributed by atoms with Crippen LogP contribution in [0.4, 0.5) is 0 Å². The molecular formula is C14H25NO. The van der Waals surface area contributed by atoms with Gasteiger partial charge in [-0.05, 0) is 57.3 Å². The molecule has 0 aromatic rings. The number of nitrogens with one attached hydrogen (secondary N) is 1. The van der Waals surface area contributed by atoms with E-state index in [1.165, 1.54) is 57.9 Å². The van der Waals surface area contributed by atoms with E-state index in [0.717, 1.165) is 6.04 Å². The molecule has 2 saturated carbocycles. The SMILES string of the molecule is CC1CCC(CC2(CNC3CC3)CCC2)O1. The molecule has 3 fully saturated rings. The molecule has 0 radical (unpaired) electrons. The molecule has 0 bridgehead atoms. The first-order valence-corrected chi connectivity index (χ1v) is 7.15. The first-order valence-electron chi connectivity index (χ1n) is 7.15. The van der Waals surface area contributed by atoms with Gasteiger partial charge in [-0.15, -0.1) is 0 Å². The molecule has 16 heavy (non-hydrogen) atoms. The summed E-state index contributed by atoms with van der Waals surface area (Å²) in [7, 11) is 0. The van der Waals surface area contributed by atoms with E-state index < -0.39 is 0 Å². The molecule has 0 aromatic heterocycles. The molecule has 2 heteroatoms. The number of hydrogen-bond acceptors (Lipinski definition) is 2. The van der Waals surface area contributed by atoms with Crippen molar-refractivity contribution in [3.63, 3.8) is 0 Å². The lowest BCUT2D eigenvalue weighted by atomic mass is 9.65. The van der Waals surface area contributed by atoms with Crippen LogP contribution in [0.25, 0.3) is 0 Å². The monoisotopic (exact) mass is 223 g/mol. The van der Waals surface area contributed by atoms with E-state index in [-0.39, 0.29) is 0 Å². The fourth-order valence-electron chi connectivity index (χ4n) is 3.30. The first kappa shape index (κ1) is 11.0. The second kappa shape index (κ2) is 4.30. The van der Waals surface area contributed by atoms with Gasteiger partial charge in [0, 0.05) is 12.6 Å². The van der Waals surface area contributed by atoms with E-state index in [1.807, 2.05) is 0 Å². The highest BCUT2D eigenvalue weighted by atomic mass is 16.5. The average Bonchev–Trinajstić information content (AvgIpc) is 2.95. The Kier molecular flexibility index (Phi) is 2.97. The van der Waals surface area contributed by atoms with E-state index in [2.05, 4.69) is 12.2 Å². The molecule has 1 heterocycles. The highest BCUT2D eigenvalue weighted by Crippen LogP contribution is 2.46. The Morgan fingerprint density at radius 3 is 2.50 bits per heavy atom. The molecular weight excluding hydrogens is 198 g/mol. The minimum absolute atomic E-state index is 0.513. The molecule has 1 N–H and O–H groups in total. The summed E-state index contributed by atoms with van der Waals surface area (Å²) in [5.74, 6) is 0. The van der Waals surface area contributed by atoms with Gasteiger partial charge in [0.2, 0.25) is 0 Å². The van der Waals surface area contributed by atoms with Crippen LogP contribution in [0.1, 0.15) is 58.3 Å². The van der Waals surface area contributed by atoms with E-state index in [0.29, 0.717) is 17.6 Å². The van der Waals surface area contributed by atoms with Gasteiger partial charge >= 0.3 is 0 Å². The van der Waals surface area contributed by atoms with Crippen LogP contribution in [-0.4, -0.2) is 24.8 Å². The summed E-state index contributed by atoms with van der Waals surface area (Å²) >= 11 is 0. The second-order valence-electron chi connectivity index (χ2n) is 6.36. The van der Waals surface area contributed by atoms with Gasteiger partial charge in [-0.2, -0.15) is 0 Å². The maximum absolute atomic E-state index is 5.99. The lowest BCUT2D eigenvalue weighted by Gasteiger charge is -2.44. The van der Waals surface area contributed by atoms with Gasteiger partial charge in [-0.3, -0.25) is 0 Å². The summed E-state index contributed by atoms with van der Waals surface area (Å²) in [5, 5.41) is 3.73. The largest absolute Gasteiger partial charge is 0.375 e. The average molecular weight is 223 g/mol. The lowest BCUT2D eigenvalue weighted by molar-refractivity contribution is -0.00407. The summed E-state index contributed by atoms with van der Waals surface area (Å²) in [6, 6.07) is 0.862. The van der Waals surface area contributed by atoms with Crippen LogP contribution in [-0.2, 0) is 4.74 Å². The molecule has 2 atom stereocenters. The molecule has 3 aliphatic rings. The predicted molar refractivity (Wildman–Crippen MR) is 65.5 cm³/mol. The fraction of sp³-hybridized carbons (Fsp3) is 1.00. The Balaban J connectivity index is 1.49. The molecule has 2 aliphatic carbocycles. The van der Waals surface area contributed by atoms with Crippen LogP contribution in [0.15, 0.2) is 0 Å². The molecule has 1 saturated heterocycles. The zero-order valence-corrected chi connectivity index (χ0v) is 10.5. The molecule has 2 unspecified atom stereocenters. The highest BCUT2D eigenvalue weighted by Gasteiger charge is 2.41. The third-order valence-corrected chi connectivity index (χ3v) is 4.74. The Morgan fingerprint density at radius 1 is 1.19 bits per heavy atom. The molecule has 0 amide bonds. The van der Waals surface area contributed by atoms with Crippen molar-refractivity contribution in [2.75, 3.05) is 6.54 Å². The first-order chi connectivity index (χ1) is 7.76. The van der Waals surface area contributed by atoms with Crippen LogP contribution < -0.4 is 5.32 Å². The Morgan fingerprint density at radius 2 is 2.00 bits per heavy atom. The molecule has 0 spiro atoms. The maximum Gasteiger partial charge on any atom is 0.0585 e. The van der Waals surface area contributed by atoms with Gasteiger partial charge in [-0.25, -0.2) is 0 Å². The Hall–Kier alpha value is -0.0800. The minimum atomic E-state index is 0.513. The zero-order chi connectivity index (χ0) is 11.0. The topological polar surface area (TPSA) is 21.3 Å². The summed E-state index contributed by atoms with van der Waals surface area (Å²) in [6.07, 6.45) is 12.1. The van der Waals surface area contributed by atoms with E-state index in [9.17, 15) is 0 Å². The summed E-state index contributed by atoms with van der Waals surface area (Å²) in [5.41, 5.74) is 0.608. The number of ether oxygens (including phenoxy) is 1. The molecule has 92 valence electrons. The Labute approximate surface area is 99.1 Å². The van der Waals surface area contributed by atoms with Crippen molar-refractivity contribution in [3.05, 3.63) is 0 Å². The maximum atomic E-state index is 5.99. The van der Waals surface area contributed by atoms with Gasteiger partial charge in [0.1, 0.15) is 0 Å². The van der Waals surface area contributed by atoms with Crippen molar-refractivity contribution < 1.29 is 4.74 Å².